The normalized spacial score (nSPS) is 20.3. The number of rotatable bonds is 0. The van der Waals surface area contributed by atoms with E-state index in [1.807, 2.05) is 19.1 Å². The van der Waals surface area contributed by atoms with E-state index < -0.39 is 0 Å². The number of halogens is 1. The Bertz CT molecular complexity index is 341. The van der Waals surface area contributed by atoms with E-state index in [0.29, 0.717) is 5.82 Å². The molecule has 5 heteroatoms. The highest BCUT2D eigenvalue weighted by molar-refractivity contribution is 6.22. The molecular formula is C7H9ClN4. The van der Waals surface area contributed by atoms with Gasteiger partial charge in [-0.05, 0) is 19.1 Å². The third-order valence-electron chi connectivity index (χ3n) is 1.84. The van der Waals surface area contributed by atoms with Gasteiger partial charge in [-0.15, -0.1) is 0 Å². The third kappa shape index (κ3) is 0.956. The van der Waals surface area contributed by atoms with Crippen molar-refractivity contribution in [3.05, 3.63) is 17.6 Å². The summed E-state index contributed by atoms with van der Waals surface area (Å²) >= 11 is 5.84. The van der Waals surface area contributed by atoms with Crippen LogP contribution in [0.5, 0.6) is 0 Å². The summed E-state index contributed by atoms with van der Waals surface area (Å²) in [6.45, 7) is 1.89. The van der Waals surface area contributed by atoms with Crippen molar-refractivity contribution < 1.29 is 0 Å². The molecule has 2 heterocycles. The molecule has 1 unspecified atom stereocenters. The summed E-state index contributed by atoms with van der Waals surface area (Å²) in [6, 6.07) is 0. The van der Waals surface area contributed by atoms with Gasteiger partial charge in [-0.3, -0.25) is 0 Å². The van der Waals surface area contributed by atoms with Crippen molar-refractivity contribution in [3.8, 4) is 0 Å². The molecule has 0 radical (unpaired) electrons. The van der Waals surface area contributed by atoms with Crippen LogP contribution >= 0.6 is 11.6 Å². The van der Waals surface area contributed by atoms with Crippen molar-refractivity contribution in [3.63, 3.8) is 0 Å². The minimum absolute atomic E-state index is 0.190. The Labute approximate surface area is 75.0 Å². The molecule has 0 aliphatic carbocycles. The van der Waals surface area contributed by atoms with E-state index in [0.717, 1.165) is 11.5 Å². The fourth-order valence-electron chi connectivity index (χ4n) is 1.15. The van der Waals surface area contributed by atoms with Crippen molar-refractivity contribution in [1.82, 2.24) is 9.66 Å². The molecule has 0 bridgehead atoms. The number of anilines is 1. The summed E-state index contributed by atoms with van der Waals surface area (Å²) in [4.78, 5) is 4.12. The highest BCUT2D eigenvalue weighted by Gasteiger charge is 2.14. The van der Waals surface area contributed by atoms with Crippen LogP contribution in [0.4, 0.5) is 5.82 Å². The van der Waals surface area contributed by atoms with Crippen LogP contribution in [0.15, 0.2) is 6.08 Å². The first-order valence-electron chi connectivity index (χ1n) is 3.62. The monoisotopic (exact) mass is 184 g/mol. The number of hydrogen-bond acceptors (Lipinski definition) is 3. The maximum atomic E-state index is 5.84. The van der Waals surface area contributed by atoms with Gasteiger partial charge in [0.1, 0.15) is 11.3 Å². The average molecular weight is 185 g/mol. The first kappa shape index (κ1) is 7.49. The lowest BCUT2D eigenvalue weighted by Crippen LogP contribution is -2.26. The van der Waals surface area contributed by atoms with Gasteiger partial charge in [0.15, 0.2) is 5.82 Å². The van der Waals surface area contributed by atoms with Crippen molar-refractivity contribution in [2.45, 2.75) is 12.4 Å². The van der Waals surface area contributed by atoms with Crippen molar-refractivity contribution in [1.29, 1.82) is 0 Å². The molecule has 1 atom stereocenters. The van der Waals surface area contributed by atoms with Gasteiger partial charge >= 0.3 is 0 Å². The Kier molecular flexibility index (Phi) is 1.51. The number of aromatic nitrogens is 2. The number of imidazole rings is 1. The Hall–Kier alpha value is -1.16. The maximum Gasteiger partial charge on any atom is 0.153 e. The SMILES string of the molecule is Cc1c(N)nc2n1NC(Cl)C=C2. The van der Waals surface area contributed by atoms with Crippen LogP contribution in [0.1, 0.15) is 11.5 Å². The second-order valence-electron chi connectivity index (χ2n) is 2.67. The highest BCUT2D eigenvalue weighted by atomic mass is 35.5. The van der Waals surface area contributed by atoms with E-state index in [1.165, 1.54) is 0 Å². The Balaban J connectivity index is 2.53. The van der Waals surface area contributed by atoms with Crippen LogP contribution < -0.4 is 11.2 Å². The number of fused-ring (bicyclic) bond motifs is 1. The molecular weight excluding hydrogens is 176 g/mol. The van der Waals surface area contributed by atoms with Crippen molar-refractivity contribution in [2.24, 2.45) is 0 Å². The van der Waals surface area contributed by atoms with E-state index in [4.69, 9.17) is 17.3 Å². The molecule has 12 heavy (non-hydrogen) atoms. The van der Waals surface area contributed by atoms with Gasteiger partial charge in [0, 0.05) is 0 Å². The zero-order valence-electron chi connectivity index (χ0n) is 6.58. The lowest BCUT2D eigenvalue weighted by atomic mass is 10.4. The first-order chi connectivity index (χ1) is 5.68. The van der Waals surface area contributed by atoms with Crippen LogP contribution in [0, 0.1) is 6.92 Å². The number of nitrogens with two attached hydrogens (primary N) is 1. The lowest BCUT2D eigenvalue weighted by Gasteiger charge is -2.17. The van der Waals surface area contributed by atoms with E-state index in [2.05, 4.69) is 10.4 Å². The largest absolute Gasteiger partial charge is 0.382 e. The van der Waals surface area contributed by atoms with Crippen LogP contribution in [-0.2, 0) is 0 Å². The maximum absolute atomic E-state index is 5.84. The van der Waals surface area contributed by atoms with Crippen LogP contribution in [0.25, 0.3) is 6.08 Å². The number of nitrogen functional groups attached to an aromatic ring is 1. The molecule has 1 aromatic heterocycles. The zero-order chi connectivity index (χ0) is 8.72. The second-order valence-corrected chi connectivity index (χ2v) is 3.14. The molecule has 0 spiro atoms. The molecule has 0 fully saturated rings. The van der Waals surface area contributed by atoms with Gasteiger partial charge in [0.05, 0.1) is 5.69 Å². The standard InChI is InChI=1S/C7H9ClN4/c1-4-7(9)10-6-3-2-5(8)11-12(4)6/h2-3,5,11H,9H2,1H3. The van der Waals surface area contributed by atoms with Gasteiger partial charge in [0.2, 0.25) is 0 Å². The quantitative estimate of drug-likeness (QED) is 0.466. The summed E-state index contributed by atoms with van der Waals surface area (Å²) in [5, 5.41) is 0. The van der Waals surface area contributed by atoms with E-state index in [1.54, 1.807) is 4.68 Å². The number of nitrogens with zero attached hydrogens (tertiary/aromatic N) is 2. The molecule has 2 rings (SSSR count). The molecule has 1 aliphatic rings. The smallest absolute Gasteiger partial charge is 0.153 e. The Morgan fingerprint density at radius 1 is 1.75 bits per heavy atom. The number of nitrogens with one attached hydrogen (secondary N) is 1. The van der Waals surface area contributed by atoms with E-state index in [-0.39, 0.29) is 5.50 Å². The second kappa shape index (κ2) is 2.42. The fourth-order valence-corrected chi connectivity index (χ4v) is 1.32. The van der Waals surface area contributed by atoms with Crippen LogP contribution in [-0.4, -0.2) is 15.2 Å². The molecule has 0 aromatic carbocycles. The van der Waals surface area contributed by atoms with E-state index in [9.17, 15) is 0 Å². The molecule has 3 N–H and O–H groups in total. The van der Waals surface area contributed by atoms with Crippen molar-refractivity contribution in [2.75, 3.05) is 11.2 Å². The molecule has 0 amide bonds. The lowest BCUT2D eigenvalue weighted by molar-refractivity contribution is 0.806. The number of hydrogen-bond donors (Lipinski definition) is 2. The Morgan fingerprint density at radius 2 is 2.50 bits per heavy atom. The van der Waals surface area contributed by atoms with Gasteiger partial charge < -0.3 is 11.2 Å². The van der Waals surface area contributed by atoms with Gasteiger partial charge in [-0.1, -0.05) is 11.6 Å². The molecule has 64 valence electrons. The fraction of sp³-hybridized carbons (Fsp3) is 0.286. The predicted octanol–water partition coefficient (Wildman–Crippen LogP) is 0.909. The summed E-state index contributed by atoms with van der Waals surface area (Å²) in [5.41, 5.74) is 9.32. The third-order valence-corrected chi connectivity index (χ3v) is 2.08. The molecule has 1 aromatic rings. The Morgan fingerprint density at radius 3 is 3.25 bits per heavy atom. The molecule has 4 nitrogen and oxygen atoms in total. The zero-order valence-corrected chi connectivity index (χ0v) is 7.34. The predicted molar refractivity (Wildman–Crippen MR) is 49.4 cm³/mol. The first-order valence-corrected chi connectivity index (χ1v) is 4.06. The number of alkyl halides is 1. The van der Waals surface area contributed by atoms with Crippen LogP contribution in [0.2, 0.25) is 0 Å². The van der Waals surface area contributed by atoms with Crippen LogP contribution in [0.3, 0.4) is 0 Å². The van der Waals surface area contributed by atoms with E-state index >= 15 is 0 Å². The summed E-state index contributed by atoms with van der Waals surface area (Å²) in [5.74, 6) is 1.33. The minimum Gasteiger partial charge on any atom is -0.382 e. The molecule has 1 aliphatic heterocycles. The van der Waals surface area contributed by atoms with Crippen molar-refractivity contribution >= 4 is 23.5 Å². The summed E-state index contributed by atoms with van der Waals surface area (Å²) < 4.78 is 1.78. The highest BCUT2D eigenvalue weighted by Crippen LogP contribution is 2.17. The van der Waals surface area contributed by atoms with Gasteiger partial charge in [-0.25, -0.2) is 9.66 Å². The summed E-state index contributed by atoms with van der Waals surface area (Å²) in [7, 11) is 0. The molecule has 0 saturated carbocycles. The van der Waals surface area contributed by atoms with Gasteiger partial charge in [0.25, 0.3) is 0 Å². The summed E-state index contributed by atoms with van der Waals surface area (Å²) in [6.07, 6.45) is 3.67. The average Bonchev–Trinajstić information content (AvgIpc) is 2.31. The topological polar surface area (TPSA) is 55.9 Å². The molecule has 0 saturated heterocycles. The minimum atomic E-state index is -0.190. The van der Waals surface area contributed by atoms with Gasteiger partial charge in [-0.2, -0.15) is 0 Å².